The number of carbonyl (C=O) groups excluding carboxylic acids is 2. The van der Waals surface area contributed by atoms with Gasteiger partial charge in [-0.3, -0.25) is 4.79 Å². The molecular weight excluding hydrogens is 690 g/mol. The highest BCUT2D eigenvalue weighted by molar-refractivity contribution is 7.91. The Bertz CT molecular complexity index is 1770. The van der Waals surface area contributed by atoms with Crippen molar-refractivity contribution in [3.63, 3.8) is 0 Å². The lowest BCUT2D eigenvalue weighted by molar-refractivity contribution is -0.120. The first-order chi connectivity index (χ1) is 24.5. The molecular formula is C38H54FN5O7S. The Morgan fingerprint density at radius 3 is 2.15 bits per heavy atom. The summed E-state index contributed by atoms with van der Waals surface area (Å²) in [7, 11) is -4.31. The first-order valence-electron chi connectivity index (χ1n) is 18.1. The van der Waals surface area contributed by atoms with Crippen LogP contribution in [0.15, 0.2) is 45.7 Å². The zero-order valence-corrected chi connectivity index (χ0v) is 32.1. The lowest BCUT2D eigenvalue weighted by Gasteiger charge is -2.27. The molecule has 3 aromatic rings. The Morgan fingerprint density at radius 2 is 1.58 bits per heavy atom. The van der Waals surface area contributed by atoms with E-state index < -0.39 is 55.4 Å². The van der Waals surface area contributed by atoms with E-state index in [2.05, 4.69) is 15.5 Å². The molecule has 0 unspecified atom stereocenters. The van der Waals surface area contributed by atoms with Crippen LogP contribution in [-0.4, -0.2) is 61.2 Å². The Kier molecular flexibility index (Phi) is 13.8. The second-order valence-corrected chi connectivity index (χ2v) is 17.3. The highest BCUT2D eigenvalue weighted by Gasteiger charge is 2.40. The quantitative estimate of drug-likeness (QED) is 0.143. The number of hydrogen-bond donors (Lipinski definition) is 2. The summed E-state index contributed by atoms with van der Waals surface area (Å²) in [6.45, 7) is 11.8. The Balaban J connectivity index is 1.54. The number of benzene rings is 2. The minimum absolute atomic E-state index is 0.0821. The summed E-state index contributed by atoms with van der Waals surface area (Å²) in [5.74, 6) is -1.69. The third kappa shape index (κ3) is 11.5. The number of halogens is 1. The summed E-state index contributed by atoms with van der Waals surface area (Å²) in [5, 5.41) is 10.5. The van der Waals surface area contributed by atoms with E-state index in [0.717, 1.165) is 31.9 Å². The van der Waals surface area contributed by atoms with Crippen LogP contribution < -0.4 is 20.7 Å². The summed E-state index contributed by atoms with van der Waals surface area (Å²) in [6.07, 6.45) is 9.49. The number of alkyl carbamates (subject to hydrolysis) is 1. The van der Waals surface area contributed by atoms with Crippen molar-refractivity contribution in [1.29, 1.82) is 0 Å². The van der Waals surface area contributed by atoms with E-state index in [4.69, 9.17) is 19.6 Å². The van der Waals surface area contributed by atoms with E-state index in [1.54, 1.807) is 45.0 Å². The van der Waals surface area contributed by atoms with E-state index >= 15 is 4.39 Å². The van der Waals surface area contributed by atoms with Crippen molar-refractivity contribution >= 4 is 27.5 Å². The number of nitrogens with one attached hydrogen (secondary N) is 1. The SMILES string of the molecule is CC(C)(C)OC(=O)N[C@H]1CS(=O)(=O)c2cc(F)c(-c3nnc(C(C)(C)C)o3)cc2N(Cc2ccc(OCCCCCCCCCCCN)cc2)C1=O. The predicted molar refractivity (Wildman–Crippen MR) is 197 cm³/mol. The molecule has 1 aliphatic rings. The van der Waals surface area contributed by atoms with Gasteiger partial charge in [-0.15, -0.1) is 10.2 Å². The number of ether oxygens (including phenoxy) is 2. The standard InChI is InChI=1S/C38H54FN5O7S/c1-37(2,3)35-43-42-33(50-35)28-22-31-32(23-29(28)39)52(47,48)25-30(41-36(46)51-38(4,5)6)34(45)44(31)24-26-16-18-27(19-17-26)49-21-15-13-11-9-7-8-10-12-14-20-40/h16-19,22-23,30H,7-15,20-21,24-25,40H2,1-6H3,(H,41,46)/t30-/m0/s1. The summed E-state index contributed by atoms with van der Waals surface area (Å²) in [6, 6.07) is 7.70. The van der Waals surface area contributed by atoms with Crippen molar-refractivity contribution in [2.24, 2.45) is 5.73 Å². The van der Waals surface area contributed by atoms with Gasteiger partial charge in [-0.1, -0.05) is 77.8 Å². The molecule has 2 heterocycles. The average molecular weight is 744 g/mol. The van der Waals surface area contributed by atoms with E-state index in [1.165, 1.54) is 49.5 Å². The Hall–Kier alpha value is -4.04. The van der Waals surface area contributed by atoms with Gasteiger partial charge in [0.05, 0.1) is 35.1 Å². The van der Waals surface area contributed by atoms with Crippen molar-refractivity contribution in [2.45, 2.75) is 128 Å². The molecule has 14 heteroatoms. The number of carbonyl (C=O) groups is 2. The van der Waals surface area contributed by atoms with Crippen LogP contribution in [0.2, 0.25) is 0 Å². The third-order valence-corrected chi connectivity index (χ3v) is 10.3. The maximum absolute atomic E-state index is 15.7. The fourth-order valence-electron chi connectivity index (χ4n) is 5.75. The maximum atomic E-state index is 15.7. The zero-order chi connectivity index (χ0) is 38.1. The van der Waals surface area contributed by atoms with Gasteiger partial charge in [-0.05, 0) is 70.0 Å². The van der Waals surface area contributed by atoms with Crippen LogP contribution in [0.25, 0.3) is 11.5 Å². The van der Waals surface area contributed by atoms with E-state index in [-0.39, 0.29) is 29.6 Å². The number of hydrogen-bond acceptors (Lipinski definition) is 10. The summed E-state index contributed by atoms with van der Waals surface area (Å²) in [5.41, 5.74) is 4.52. The molecule has 52 heavy (non-hydrogen) atoms. The monoisotopic (exact) mass is 743 g/mol. The molecule has 1 aliphatic heterocycles. The van der Waals surface area contributed by atoms with Crippen molar-refractivity contribution in [3.8, 4) is 17.2 Å². The predicted octanol–water partition coefficient (Wildman–Crippen LogP) is 7.24. The highest BCUT2D eigenvalue weighted by Crippen LogP contribution is 2.38. The number of anilines is 1. The van der Waals surface area contributed by atoms with Crippen molar-refractivity contribution < 1.29 is 36.3 Å². The second-order valence-electron chi connectivity index (χ2n) is 15.3. The Labute approximate surface area is 306 Å². The summed E-state index contributed by atoms with van der Waals surface area (Å²) in [4.78, 5) is 27.8. The number of amides is 2. The minimum Gasteiger partial charge on any atom is -0.494 e. The number of nitrogens with two attached hydrogens (primary N) is 1. The molecule has 4 rings (SSSR count). The van der Waals surface area contributed by atoms with Crippen LogP contribution in [0.1, 0.15) is 111 Å². The fraction of sp³-hybridized carbons (Fsp3) is 0.579. The number of sulfone groups is 1. The molecule has 0 fully saturated rings. The molecule has 0 aliphatic carbocycles. The fourth-order valence-corrected chi connectivity index (χ4v) is 7.37. The number of unbranched alkanes of at least 4 members (excludes halogenated alkanes) is 8. The largest absolute Gasteiger partial charge is 0.494 e. The van der Waals surface area contributed by atoms with Gasteiger partial charge in [0.15, 0.2) is 9.84 Å². The lowest BCUT2D eigenvalue weighted by atomic mass is 9.97. The van der Waals surface area contributed by atoms with E-state index in [9.17, 15) is 18.0 Å². The van der Waals surface area contributed by atoms with Crippen molar-refractivity contribution in [2.75, 3.05) is 23.8 Å². The van der Waals surface area contributed by atoms with E-state index in [1.807, 2.05) is 20.8 Å². The molecule has 3 N–H and O–H groups in total. The zero-order valence-electron chi connectivity index (χ0n) is 31.3. The molecule has 2 aromatic carbocycles. The van der Waals surface area contributed by atoms with Gasteiger partial charge < -0.3 is 29.8 Å². The van der Waals surface area contributed by atoms with Gasteiger partial charge in [-0.2, -0.15) is 0 Å². The smallest absolute Gasteiger partial charge is 0.408 e. The lowest BCUT2D eigenvalue weighted by Crippen LogP contribution is -2.51. The molecule has 0 bridgehead atoms. The maximum Gasteiger partial charge on any atom is 0.408 e. The van der Waals surface area contributed by atoms with Crippen molar-refractivity contribution in [3.05, 3.63) is 53.7 Å². The number of nitrogens with zero attached hydrogens (tertiary/aromatic N) is 3. The van der Waals surface area contributed by atoms with Crippen LogP contribution in [0, 0.1) is 5.82 Å². The van der Waals surface area contributed by atoms with Crippen LogP contribution in [0.4, 0.5) is 14.9 Å². The van der Waals surface area contributed by atoms with Gasteiger partial charge in [0.2, 0.25) is 5.89 Å². The molecule has 12 nitrogen and oxygen atoms in total. The average Bonchev–Trinajstić information content (AvgIpc) is 3.54. The molecule has 1 aromatic heterocycles. The third-order valence-electron chi connectivity index (χ3n) is 8.49. The van der Waals surface area contributed by atoms with Gasteiger partial charge in [0.1, 0.15) is 23.2 Å². The van der Waals surface area contributed by atoms with Crippen LogP contribution >= 0.6 is 0 Å². The van der Waals surface area contributed by atoms with Gasteiger partial charge >= 0.3 is 6.09 Å². The molecule has 0 saturated heterocycles. The first-order valence-corrected chi connectivity index (χ1v) is 19.8. The van der Waals surface area contributed by atoms with Gasteiger partial charge in [0.25, 0.3) is 11.8 Å². The molecule has 286 valence electrons. The van der Waals surface area contributed by atoms with Gasteiger partial charge in [0, 0.05) is 5.41 Å². The van der Waals surface area contributed by atoms with Crippen molar-refractivity contribution in [1.82, 2.24) is 15.5 Å². The number of aromatic nitrogens is 2. The van der Waals surface area contributed by atoms with Crippen LogP contribution in [0.5, 0.6) is 5.75 Å². The molecule has 0 radical (unpaired) electrons. The van der Waals surface area contributed by atoms with E-state index in [0.29, 0.717) is 17.9 Å². The molecule has 1 atom stereocenters. The first kappa shape index (κ1) is 40.7. The van der Waals surface area contributed by atoms with Gasteiger partial charge in [-0.25, -0.2) is 17.6 Å². The number of rotatable bonds is 16. The summed E-state index contributed by atoms with van der Waals surface area (Å²) >= 11 is 0. The van der Waals surface area contributed by atoms with Crippen LogP contribution in [-0.2, 0) is 31.3 Å². The summed E-state index contributed by atoms with van der Waals surface area (Å²) < 4.78 is 60.2. The normalized spacial score (nSPS) is 16.0. The molecule has 0 saturated carbocycles. The number of fused-ring (bicyclic) bond motifs is 1. The molecule has 0 spiro atoms. The topological polar surface area (TPSA) is 167 Å². The van der Waals surface area contributed by atoms with Crippen LogP contribution in [0.3, 0.4) is 0 Å². The molecule has 2 amide bonds. The Morgan fingerprint density at radius 1 is 0.962 bits per heavy atom. The highest BCUT2D eigenvalue weighted by atomic mass is 32.2. The minimum atomic E-state index is -4.31. The second kappa shape index (κ2) is 17.7.